The molecule has 0 bridgehead atoms. The van der Waals surface area contributed by atoms with Gasteiger partial charge >= 0.3 is 6.18 Å². The fraction of sp³-hybridized carbons (Fsp3) is 0.667. The normalized spacial score (nSPS) is 17.1. The predicted molar refractivity (Wildman–Crippen MR) is 67.0 cm³/mol. The summed E-state index contributed by atoms with van der Waals surface area (Å²) in [7, 11) is 1.49. The van der Waals surface area contributed by atoms with Crippen LogP contribution in [-0.4, -0.2) is 23.1 Å². The summed E-state index contributed by atoms with van der Waals surface area (Å²) < 4.78 is 38.1. The number of aromatic nitrogens is 2. The predicted octanol–water partition coefficient (Wildman–Crippen LogP) is 3.14. The molecule has 1 fully saturated rings. The second-order valence-corrected chi connectivity index (χ2v) is 4.93. The summed E-state index contributed by atoms with van der Waals surface area (Å²) >= 11 is 0. The topological polar surface area (TPSA) is 49.8 Å². The molecule has 4 nitrogen and oxygen atoms in total. The molecule has 1 atom stereocenters. The van der Waals surface area contributed by atoms with Gasteiger partial charge in [0.15, 0.2) is 5.69 Å². The van der Waals surface area contributed by atoms with Crippen LogP contribution in [0.25, 0.3) is 0 Å². The zero-order valence-corrected chi connectivity index (χ0v) is 10.9. The summed E-state index contributed by atoms with van der Waals surface area (Å²) in [6.45, 7) is 1.95. The van der Waals surface area contributed by atoms with E-state index in [1.54, 1.807) is 0 Å². The first-order valence-electron chi connectivity index (χ1n) is 6.29. The lowest BCUT2D eigenvalue weighted by molar-refractivity contribution is -0.141. The molecule has 0 amide bonds. The molecule has 0 spiro atoms. The van der Waals surface area contributed by atoms with Crippen molar-refractivity contribution in [2.45, 2.75) is 38.4 Å². The fourth-order valence-corrected chi connectivity index (χ4v) is 1.94. The van der Waals surface area contributed by atoms with Gasteiger partial charge in [0.25, 0.3) is 0 Å². The molecule has 106 valence electrons. The Morgan fingerprint density at radius 3 is 2.58 bits per heavy atom. The van der Waals surface area contributed by atoms with E-state index in [0.717, 1.165) is 12.5 Å². The third kappa shape index (κ3) is 3.97. The smallest absolute Gasteiger partial charge is 0.367 e. The first-order chi connectivity index (χ1) is 8.88. The number of hydrogen-bond donors (Lipinski definition) is 2. The van der Waals surface area contributed by atoms with E-state index in [2.05, 4.69) is 20.6 Å². The highest BCUT2D eigenvalue weighted by Crippen LogP contribution is 2.34. The van der Waals surface area contributed by atoms with E-state index in [0.29, 0.717) is 5.92 Å². The highest BCUT2D eigenvalue weighted by Gasteiger charge is 2.34. The Morgan fingerprint density at radius 1 is 1.37 bits per heavy atom. The number of nitrogens with zero attached hydrogens (tertiary/aromatic N) is 2. The van der Waals surface area contributed by atoms with Crippen molar-refractivity contribution in [2.75, 3.05) is 17.7 Å². The van der Waals surface area contributed by atoms with Crippen molar-refractivity contribution in [3.8, 4) is 0 Å². The van der Waals surface area contributed by atoms with Crippen LogP contribution in [0.15, 0.2) is 6.07 Å². The molecular weight excluding hydrogens is 257 g/mol. The molecule has 1 unspecified atom stereocenters. The number of nitrogens with one attached hydrogen (secondary N) is 2. The van der Waals surface area contributed by atoms with Crippen LogP contribution in [0, 0.1) is 5.92 Å². The maximum atomic E-state index is 12.7. The highest BCUT2D eigenvalue weighted by molar-refractivity contribution is 5.43. The van der Waals surface area contributed by atoms with Gasteiger partial charge < -0.3 is 10.6 Å². The van der Waals surface area contributed by atoms with Gasteiger partial charge in [0, 0.05) is 19.2 Å². The van der Waals surface area contributed by atoms with Crippen molar-refractivity contribution >= 4 is 11.8 Å². The lowest BCUT2D eigenvalue weighted by Crippen LogP contribution is -2.19. The van der Waals surface area contributed by atoms with Gasteiger partial charge in [-0.25, -0.2) is 4.98 Å². The molecule has 0 aliphatic heterocycles. The van der Waals surface area contributed by atoms with Gasteiger partial charge in [0.1, 0.15) is 5.82 Å². The van der Waals surface area contributed by atoms with Gasteiger partial charge in [-0.05, 0) is 19.3 Å². The molecule has 2 rings (SSSR count). The van der Waals surface area contributed by atoms with Gasteiger partial charge in [0.2, 0.25) is 5.95 Å². The third-order valence-electron chi connectivity index (χ3n) is 3.02. The lowest BCUT2D eigenvalue weighted by atomic mass is 10.1. The van der Waals surface area contributed by atoms with E-state index in [1.165, 1.54) is 19.9 Å². The Morgan fingerprint density at radius 2 is 2.05 bits per heavy atom. The van der Waals surface area contributed by atoms with E-state index in [4.69, 9.17) is 0 Å². The summed E-state index contributed by atoms with van der Waals surface area (Å²) in [6.07, 6.45) is -1.08. The Balaban J connectivity index is 2.13. The molecular formula is C12H17F3N4. The molecule has 7 heteroatoms. The van der Waals surface area contributed by atoms with Crippen molar-refractivity contribution in [3.63, 3.8) is 0 Å². The maximum Gasteiger partial charge on any atom is 0.433 e. The van der Waals surface area contributed by atoms with Crippen molar-refractivity contribution < 1.29 is 13.2 Å². The largest absolute Gasteiger partial charge is 0.433 e. The van der Waals surface area contributed by atoms with Crippen LogP contribution in [0.4, 0.5) is 24.9 Å². The standard InChI is InChI=1S/C12H17F3N4/c1-7(5-8-3-4-8)17-10-6-9(12(13,14)15)18-11(16-2)19-10/h6-8H,3-5H2,1-2H3,(H2,16,17,18,19). The van der Waals surface area contributed by atoms with Crippen LogP contribution < -0.4 is 10.6 Å². The van der Waals surface area contributed by atoms with Crippen LogP contribution in [0.3, 0.4) is 0 Å². The Hall–Kier alpha value is -1.53. The number of hydrogen-bond acceptors (Lipinski definition) is 4. The van der Waals surface area contributed by atoms with Gasteiger partial charge in [-0.3, -0.25) is 0 Å². The van der Waals surface area contributed by atoms with E-state index in [9.17, 15) is 13.2 Å². The Kier molecular flexibility index (Phi) is 3.82. The van der Waals surface area contributed by atoms with E-state index < -0.39 is 11.9 Å². The van der Waals surface area contributed by atoms with Crippen LogP contribution in [-0.2, 0) is 6.18 Å². The summed E-state index contributed by atoms with van der Waals surface area (Å²) in [6, 6.07) is 1.05. The fourth-order valence-electron chi connectivity index (χ4n) is 1.94. The molecule has 0 aromatic carbocycles. The number of rotatable bonds is 5. The average molecular weight is 274 g/mol. The number of alkyl halides is 3. The zero-order chi connectivity index (χ0) is 14.0. The second-order valence-electron chi connectivity index (χ2n) is 4.93. The quantitative estimate of drug-likeness (QED) is 0.866. The molecule has 1 aliphatic rings. The third-order valence-corrected chi connectivity index (χ3v) is 3.02. The van der Waals surface area contributed by atoms with Crippen molar-refractivity contribution in [1.82, 2.24) is 9.97 Å². The van der Waals surface area contributed by atoms with Gasteiger partial charge in [-0.2, -0.15) is 18.2 Å². The molecule has 1 saturated carbocycles. The first-order valence-corrected chi connectivity index (χ1v) is 6.29. The van der Waals surface area contributed by atoms with Crippen LogP contribution in [0.5, 0.6) is 0 Å². The minimum Gasteiger partial charge on any atom is -0.367 e. The van der Waals surface area contributed by atoms with Gasteiger partial charge in [-0.1, -0.05) is 12.8 Å². The first kappa shape index (κ1) is 13.9. The molecule has 1 aliphatic carbocycles. The van der Waals surface area contributed by atoms with E-state index in [-0.39, 0.29) is 17.8 Å². The maximum absolute atomic E-state index is 12.7. The molecule has 0 radical (unpaired) electrons. The highest BCUT2D eigenvalue weighted by atomic mass is 19.4. The molecule has 1 aromatic rings. The molecule has 1 heterocycles. The zero-order valence-electron chi connectivity index (χ0n) is 10.9. The molecule has 1 aromatic heterocycles. The van der Waals surface area contributed by atoms with E-state index >= 15 is 0 Å². The van der Waals surface area contributed by atoms with Crippen molar-refractivity contribution in [1.29, 1.82) is 0 Å². The van der Waals surface area contributed by atoms with Crippen LogP contribution in [0.1, 0.15) is 31.9 Å². The second kappa shape index (κ2) is 5.22. The summed E-state index contributed by atoms with van der Waals surface area (Å²) in [5.41, 5.74) is -0.937. The summed E-state index contributed by atoms with van der Waals surface area (Å²) in [4.78, 5) is 7.42. The number of halogens is 3. The Bertz CT molecular complexity index is 443. The Labute approximate surface area is 109 Å². The monoisotopic (exact) mass is 274 g/mol. The van der Waals surface area contributed by atoms with Crippen molar-refractivity contribution in [3.05, 3.63) is 11.8 Å². The SMILES string of the molecule is CNc1nc(NC(C)CC2CC2)cc(C(F)(F)F)n1. The van der Waals surface area contributed by atoms with Gasteiger partial charge in [-0.15, -0.1) is 0 Å². The molecule has 0 saturated heterocycles. The lowest BCUT2D eigenvalue weighted by Gasteiger charge is -2.16. The number of anilines is 2. The molecule has 19 heavy (non-hydrogen) atoms. The molecule has 2 N–H and O–H groups in total. The van der Waals surface area contributed by atoms with Gasteiger partial charge in [0.05, 0.1) is 0 Å². The van der Waals surface area contributed by atoms with E-state index in [1.807, 2.05) is 6.92 Å². The summed E-state index contributed by atoms with van der Waals surface area (Å²) in [5, 5.41) is 5.55. The van der Waals surface area contributed by atoms with Crippen LogP contribution in [0.2, 0.25) is 0 Å². The summed E-state index contributed by atoms with van der Waals surface area (Å²) in [5.74, 6) is 0.881. The minimum atomic E-state index is -4.47. The average Bonchev–Trinajstić information content (AvgIpc) is 3.11. The van der Waals surface area contributed by atoms with Crippen molar-refractivity contribution in [2.24, 2.45) is 5.92 Å². The van der Waals surface area contributed by atoms with Crippen LogP contribution >= 0.6 is 0 Å². The minimum absolute atomic E-state index is 0.0315.